The van der Waals surface area contributed by atoms with Crippen molar-refractivity contribution in [2.45, 2.75) is 52.0 Å². The summed E-state index contributed by atoms with van der Waals surface area (Å²) in [6.45, 7) is 13.9. The van der Waals surface area contributed by atoms with Crippen molar-refractivity contribution in [1.29, 1.82) is 0 Å². The molecule has 0 aromatic carbocycles. The molecule has 0 unspecified atom stereocenters. The van der Waals surface area contributed by atoms with E-state index in [0.717, 1.165) is 0 Å². The van der Waals surface area contributed by atoms with Gasteiger partial charge >= 0.3 is 0 Å². The summed E-state index contributed by atoms with van der Waals surface area (Å²) < 4.78 is 0. The van der Waals surface area contributed by atoms with Crippen LogP contribution in [0.1, 0.15) is 46.5 Å². The summed E-state index contributed by atoms with van der Waals surface area (Å²) in [5.41, 5.74) is 1.18. The second-order valence-corrected chi connectivity index (χ2v) is 6.10. The Morgan fingerprint density at radius 3 is 2.08 bits per heavy atom. The Balaban J connectivity index is 1.94. The maximum absolute atomic E-state index is 7.04. The van der Waals surface area contributed by atoms with Crippen molar-refractivity contribution in [1.82, 2.24) is 0 Å². The zero-order valence-electron chi connectivity index (χ0n) is 8.28. The standard InChI is InChI=1S/C11H17N/c1-9(2,3)5-10-6-11(7-10,8-10)12-4/h5-8H2,1-3H3. The second-order valence-electron chi connectivity index (χ2n) is 6.10. The van der Waals surface area contributed by atoms with Crippen LogP contribution in [0, 0.1) is 17.4 Å². The molecule has 1 nitrogen and oxygen atoms in total. The van der Waals surface area contributed by atoms with Gasteiger partial charge in [0, 0.05) is 19.3 Å². The third-order valence-corrected chi connectivity index (χ3v) is 3.25. The van der Waals surface area contributed by atoms with Crippen LogP contribution in [0.3, 0.4) is 0 Å². The lowest BCUT2D eigenvalue weighted by Crippen LogP contribution is -2.65. The summed E-state index contributed by atoms with van der Waals surface area (Å²) in [4.78, 5) is 3.72. The quantitative estimate of drug-likeness (QED) is 0.523. The van der Waals surface area contributed by atoms with Crippen molar-refractivity contribution in [2.24, 2.45) is 10.8 Å². The Morgan fingerprint density at radius 1 is 1.25 bits per heavy atom. The van der Waals surface area contributed by atoms with Gasteiger partial charge < -0.3 is 4.85 Å². The van der Waals surface area contributed by atoms with Gasteiger partial charge in [-0.3, -0.25) is 0 Å². The van der Waals surface area contributed by atoms with Crippen molar-refractivity contribution >= 4 is 0 Å². The number of hydrogen-bond donors (Lipinski definition) is 0. The summed E-state index contributed by atoms with van der Waals surface area (Å²) in [7, 11) is 0. The van der Waals surface area contributed by atoms with Gasteiger partial charge in [0.15, 0.2) is 0 Å². The molecule has 0 aliphatic heterocycles. The van der Waals surface area contributed by atoms with E-state index < -0.39 is 0 Å². The van der Waals surface area contributed by atoms with Crippen LogP contribution < -0.4 is 0 Å². The van der Waals surface area contributed by atoms with E-state index >= 15 is 0 Å². The maximum Gasteiger partial charge on any atom is 0.234 e. The van der Waals surface area contributed by atoms with Gasteiger partial charge in [0.25, 0.3) is 0 Å². The van der Waals surface area contributed by atoms with Gasteiger partial charge in [0.1, 0.15) is 0 Å². The molecule has 0 saturated heterocycles. The van der Waals surface area contributed by atoms with E-state index in [1.165, 1.54) is 25.7 Å². The molecule has 0 aromatic heterocycles. The first kappa shape index (κ1) is 8.10. The number of nitrogens with zero attached hydrogens (tertiary/aromatic N) is 1. The molecule has 1 heteroatoms. The highest BCUT2D eigenvalue weighted by atomic mass is 14.9. The minimum Gasteiger partial charge on any atom is -0.310 e. The zero-order valence-corrected chi connectivity index (χ0v) is 8.28. The molecule has 0 amide bonds. The zero-order chi connectivity index (χ0) is 9.04. The Kier molecular flexibility index (Phi) is 1.26. The Bertz CT molecular complexity index is 231. The monoisotopic (exact) mass is 163 g/mol. The fourth-order valence-electron chi connectivity index (χ4n) is 3.37. The van der Waals surface area contributed by atoms with Crippen molar-refractivity contribution in [2.75, 3.05) is 0 Å². The first-order chi connectivity index (χ1) is 5.39. The van der Waals surface area contributed by atoms with Crippen LogP contribution in [0.25, 0.3) is 4.85 Å². The molecule has 3 aliphatic carbocycles. The van der Waals surface area contributed by atoms with E-state index in [4.69, 9.17) is 6.57 Å². The van der Waals surface area contributed by atoms with Gasteiger partial charge in [-0.2, -0.15) is 0 Å². The van der Waals surface area contributed by atoms with E-state index in [9.17, 15) is 0 Å². The fraction of sp³-hybridized carbons (Fsp3) is 0.909. The molecule has 0 atom stereocenters. The number of hydrogen-bond acceptors (Lipinski definition) is 0. The summed E-state index contributed by atoms with van der Waals surface area (Å²) in [6, 6.07) is 0. The molecule has 3 rings (SSSR count). The summed E-state index contributed by atoms with van der Waals surface area (Å²) in [5.74, 6) is 0. The van der Waals surface area contributed by atoms with Crippen LogP contribution in [0.2, 0.25) is 0 Å². The van der Waals surface area contributed by atoms with Crippen molar-refractivity contribution in [3.05, 3.63) is 11.4 Å². The molecule has 0 heterocycles. The molecule has 12 heavy (non-hydrogen) atoms. The lowest BCUT2D eigenvalue weighted by atomic mass is 9.37. The Hall–Kier alpha value is -0.510. The SMILES string of the molecule is [C-]#[N+]C12CC(CC(C)(C)C)(C1)C2. The fourth-order valence-corrected chi connectivity index (χ4v) is 3.37. The lowest BCUT2D eigenvalue weighted by Gasteiger charge is -2.63. The van der Waals surface area contributed by atoms with Gasteiger partial charge in [0.05, 0.1) is 0 Å². The molecule has 0 spiro atoms. The summed E-state index contributed by atoms with van der Waals surface area (Å²) >= 11 is 0. The van der Waals surface area contributed by atoms with Crippen LogP contribution in [-0.4, -0.2) is 5.54 Å². The van der Waals surface area contributed by atoms with Gasteiger partial charge in [-0.1, -0.05) is 20.8 Å². The van der Waals surface area contributed by atoms with Crippen LogP contribution in [0.5, 0.6) is 0 Å². The molecule has 3 fully saturated rings. The molecule has 3 aliphatic rings. The first-order valence-corrected chi connectivity index (χ1v) is 4.78. The lowest BCUT2D eigenvalue weighted by molar-refractivity contribution is -0.129. The average molecular weight is 163 g/mol. The largest absolute Gasteiger partial charge is 0.310 e. The van der Waals surface area contributed by atoms with Gasteiger partial charge in [-0.15, -0.1) is 0 Å². The van der Waals surface area contributed by atoms with Gasteiger partial charge in [-0.25, -0.2) is 6.57 Å². The number of rotatable bonds is 1. The average Bonchev–Trinajstić information content (AvgIpc) is 1.72. The first-order valence-electron chi connectivity index (χ1n) is 4.78. The van der Waals surface area contributed by atoms with E-state index in [-0.39, 0.29) is 5.54 Å². The summed E-state index contributed by atoms with van der Waals surface area (Å²) in [6.07, 6.45) is 4.90. The van der Waals surface area contributed by atoms with Crippen LogP contribution in [-0.2, 0) is 0 Å². The smallest absolute Gasteiger partial charge is 0.234 e. The van der Waals surface area contributed by atoms with Crippen LogP contribution in [0.4, 0.5) is 0 Å². The molecule has 0 N–H and O–H groups in total. The predicted octanol–water partition coefficient (Wildman–Crippen LogP) is 3.26. The molecular formula is C11H17N. The van der Waals surface area contributed by atoms with Crippen molar-refractivity contribution in [3.8, 4) is 0 Å². The van der Waals surface area contributed by atoms with Gasteiger partial charge in [0.2, 0.25) is 5.54 Å². The van der Waals surface area contributed by atoms with E-state index in [2.05, 4.69) is 25.6 Å². The molecule has 0 radical (unpaired) electrons. The van der Waals surface area contributed by atoms with E-state index in [1.54, 1.807) is 0 Å². The Labute approximate surface area is 75.0 Å². The topological polar surface area (TPSA) is 4.36 Å². The highest BCUT2D eigenvalue weighted by Crippen LogP contribution is 2.72. The molecule has 3 saturated carbocycles. The second kappa shape index (κ2) is 1.87. The summed E-state index contributed by atoms with van der Waals surface area (Å²) in [5, 5.41) is 0. The highest BCUT2D eigenvalue weighted by Gasteiger charge is 2.74. The van der Waals surface area contributed by atoms with E-state index in [1.807, 2.05) is 0 Å². The third-order valence-electron chi connectivity index (χ3n) is 3.25. The van der Waals surface area contributed by atoms with Crippen LogP contribution >= 0.6 is 0 Å². The predicted molar refractivity (Wildman–Crippen MR) is 49.7 cm³/mol. The van der Waals surface area contributed by atoms with Crippen molar-refractivity contribution < 1.29 is 0 Å². The minimum atomic E-state index is 0.130. The van der Waals surface area contributed by atoms with E-state index in [0.29, 0.717) is 10.8 Å². The highest BCUT2D eigenvalue weighted by molar-refractivity contribution is 5.28. The normalized spacial score (nSPS) is 44.2. The van der Waals surface area contributed by atoms with Crippen molar-refractivity contribution in [3.63, 3.8) is 0 Å². The van der Waals surface area contributed by atoms with Crippen LogP contribution in [0.15, 0.2) is 0 Å². The Morgan fingerprint density at radius 2 is 1.75 bits per heavy atom. The molecule has 2 bridgehead atoms. The van der Waals surface area contributed by atoms with Gasteiger partial charge in [-0.05, 0) is 17.3 Å². The maximum atomic E-state index is 7.04. The molecule has 0 aromatic rings. The minimum absolute atomic E-state index is 0.130. The third kappa shape index (κ3) is 0.975. The molecule has 66 valence electrons. The molecular weight excluding hydrogens is 146 g/mol.